The lowest BCUT2D eigenvalue weighted by Gasteiger charge is -2.14. The molecule has 0 aliphatic carbocycles. The highest BCUT2D eigenvalue weighted by atomic mass is 16.5. The van der Waals surface area contributed by atoms with Crippen LogP contribution in [0.15, 0.2) is 48.5 Å². The largest absolute Gasteiger partial charge is 0.495 e. The fourth-order valence-electron chi connectivity index (χ4n) is 2.39. The lowest BCUT2D eigenvalue weighted by atomic mass is 10.1. The minimum atomic E-state index is 0.0227. The second-order valence-electron chi connectivity index (χ2n) is 4.99. The second kappa shape index (κ2) is 5.85. The van der Waals surface area contributed by atoms with Gasteiger partial charge in [0.15, 0.2) is 5.82 Å². The third-order valence-corrected chi connectivity index (χ3v) is 3.63. The monoisotopic (exact) mass is 295 g/mol. The Morgan fingerprint density at radius 1 is 1.14 bits per heavy atom. The van der Waals surface area contributed by atoms with Crippen LogP contribution in [0.25, 0.3) is 11.4 Å². The van der Waals surface area contributed by atoms with E-state index in [2.05, 4.69) is 34.6 Å². The maximum Gasteiger partial charge on any atom is 0.182 e. The Morgan fingerprint density at radius 2 is 1.91 bits per heavy atom. The first-order chi connectivity index (χ1) is 10.7. The van der Waals surface area contributed by atoms with Crippen molar-refractivity contribution in [2.24, 2.45) is 0 Å². The van der Waals surface area contributed by atoms with E-state index in [9.17, 15) is 0 Å². The van der Waals surface area contributed by atoms with Gasteiger partial charge in [-0.3, -0.25) is 0 Å². The van der Waals surface area contributed by atoms with Crippen molar-refractivity contribution in [3.05, 3.63) is 54.1 Å². The first-order valence-electron chi connectivity index (χ1n) is 6.97. The SMILES string of the molecule is COc1ccc(-c2nnnn2C(C)c2ccccc2)cc1N. The maximum atomic E-state index is 5.97. The lowest BCUT2D eigenvalue weighted by molar-refractivity contribution is 0.417. The van der Waals surface area contributed by atoms with Crippen molar-refractivity contribution in [3.8, 4) is 17.1 Å². The standard InChI is InChI=1S/C16H17N5O/c1-11(12-6-4-3-5-7-12)21-16(18-19-20-21)13-8-9-15(22-2)14(17)10-13/h3-11H,17H2,1-2H3. The normalized spacial score (nSPS) is 12.1. The minimum absolute atomic E-state index is 0.0227. The Morgan fingerprint density at radius 3 is 2.59 bits per heavy atom. The number of aromatic nitrogens is 4. The number of tetrazole rings is 1. The van der Waals surface area contributed by atoms with Gasteiger partial charge in [0, 0.05) is 5.56 Å². The molecular formula is C16H17N5O. The highest BCUT2D eigenvalue weighted by molar-refractivity contribution is 5.66. The zero-order valence-electron chi connectivity index (χ0n) is 12.5. The van der Waals surface area contributed by atoms with Crippen molar-refractivity contribution in [1.82, 2.24) is 20.2 Å². The van der Waals surface area contributed by atoms with Gasteiger partial charge >= 0.3 is 0 Å². The molecule has 0 spiro atoms. The van der Waals surface area contributed by atoms with Gasteiger partial charge in [-0.2, -0.15) is 0 Å². The number of rotatable bonds is 4. The summed E-state index contributed by atoms with van der Waals surface area (Å²) in [5.74, 6) is 1.31. The number of nitrogens with two attached hydrogens (primary N) is 1. The number of benzene rings is 2. The number of hydrogen-bond acceptors (Lipinski definition) is 5. The minimum Gasteiger partial charge on any atom is -0.495 e. The number of ether oxygens (including phenoxy) is 1. The predicted octanol–water partition coefficient (Wildman–Crippen LogP) is 2.54. The summed E-state index contributed by atoms with van der Waals surface area (Å²) in [6.07, 6.45) is 0. The zero-order chi connectivity index (χ0) is 15.5. The average Bonchev–Trinajstić information content (AvgIpc) is 3.04. The number of nitrogen functional groups attached to an aromatic ring is 1. The van der Waals surface area contributed by atoms with E-state index in [1.165, 1.54) is 0 Å². The molecule has 3 rings (SSSR count). The van der Waals surface area contributed by atoms with Crippen molar-refractivity contribution >= 4 is 5.69 Å². The van der Waals surface area contributed by atoms with Crippen LogP contribution in [0.1, 0.15) is 18.5 Å². The quantitative estimate of drug-likeness (QED) is 0.748. The smallest absolute Gasteiger partial charge is 0.182 e. The molecule has 0 amide bonds. The van der Waals surface area contributed by atoms with Gasteiger partial charge in [-0.25, -0.2) is 4.68 Å². The average molecular weight is 295 g/mol. The summed E-state index contributed by atoms with van der Waals surface area (Å²) in [6.45, 7) is 2.06. The number of hydrogen-bond donors (Lipinski definition) is 1. The molecule has 0 saturated carbocycles. The molecule has 0 fully saturated rings. The highest BCUT2D eigenvalue weighted by Gasteiger charge is 2.16. The molecule has 112 valence electrons. The molecule has 0 bridgehead atoms. The first kappa shape index (κ1) is 14.1. The molecule has 0 saturated heterocycles. The molecule has 2 N–H and O–H groups in total. The van der Waals surface area contributed by atoms with E-state index >= 15 is 0 Å². The van der Waals surface area contributed by atoms with Crippen LogP contribution in [0.2, 0.25) is 0 Å². The first-order valence-corrected chi connectivity index (χ1v) is 6.97. The van der Waals surface area contributed by atoms with Gasteiger partial charge in [-0.05, 0) is 41.1 Å². The summed E-state index contributed by atoms with van der Waals surface area (Å²) < 4.78 is 6.97. The van der Waals surface area contributed by atoms with E-state index in [4.69, 9.17) is 10.5 Å². The number of methoxy groups -OCH3 is 1. The molecule has 22 heavy (non-hydrogen) atoms. The Labute approximate surface area is 128 Å². The Balaban J connectivity index is 2.00. The molecule has 0 aliphatic rings. The van der Waals surface area contributed by atoms with Crippen LogP contribution in [0.4, 0.5) is 5.69 Å². The molecule has 1 unspecified atom stereocenters. The van der Waals surface area contributed by atoms with Gasteiger partial charge < -0.3 is 10.5 Å². The molecule has 0 radical (unpaired) electrons. The fourth-order valence-corrected chi connectivity index (χ4v) is 2.39. The Bertz CT molecular complexity index is 769. The van der Waals surface area contributed by atoms with Gasteiger partial charge in [0.25, 0.3) is 0 Å². The molecular weight excluding hydrogens is 278 g/mol. The van der Waals surface area contributed by atoms with Crippen LogP contribution in [-0.2, 0) is 0 Å². The van der Waals surface area contributed by atoms with Crippen LogP contribution < -0.4 is 10.5 Å². The van der Waals surface area contributed by atoms with Gasteiger partial charge in [-0.1, -0.05) is 30.3 Å². The molecule has 3 aromatic rings. The van der Waals surface area contributed by atoms with Crippen LogP contribution in [0.3, 0.4) is 0 Å². The predicted molar refractivity (Wildman–Crippen MR) is 84.5 cm³/mol. The van der Waals surface area contributed by atoms with Crippen molar-refractivity contribution in [2.75, 3.05) is 12.8 Å². The van der Waals surface area contributed by atoms with E-state index in [1.54, 1.807) is 11.8 Å². The number of nitrogens with zero attached hydrogens (tertiary/aromatic N) is 4. The summed E-state index contributed by atoms with van der Waals surface area (Å²) in [5, 5.41) is 12.1. The highest BCUT2D eigenvalue weighted by Crippen LogP contribution is 2.29. The molecule has 6 nitrogen and oxygen atoms in total. The van der Waals surface area contributed by atoms with Crippen molar-refractivity contribution < 1.29 is 4.74 Å². The summed E-state index contributed by atoms with van der Waals surface area (Å²) in [5.41, 5.74) is 8.52. The lowest BCUT2D eigenvalue weighted by Crippen LogP contribution is -2.10. The Kier molecular flexibility index (Phi) is 3.74. The molecule has 0 aliphatic heterocycles. The van der Waals surface area contributed by atoms with Gasteiger partial charge in [0.05, 0.1) is 18.8 Å². The van der Waals surface area contributed by atoms with Crippen molar-refractivity contribution in [2.45, 2.75) is 13.0 Å². The van der Waals surface area contributed by atoms with E-state index in [-0.39, 0.29) is 6.04 Å². The summed E-state index contributed by atoms with van der Waals surface area (Å²) in [4.78, 5) is 0. The van der Waals surface area contributed by atoms with Crippen molar-refractivity contribution in [1.29, 1.82) is 0 Å². The summed E-state index contributed by atoms with van der Waals surface area (Å²) in [6, 6.07) is 15.7. The van der Waals surface area contributed by atoms with Crippen molar-refractivity contribution in [3.63, 3.8) is 0 Å². The van der Waals surface area contributed by atoms with E-state index in [0.717, 1.165) is 11.1 Å². The zero-order valence-corrected chi connectivity index (χ0v) is 12.5. The maximum absolute atomic E-state index is 5.97. The number of anilines is 1. The van der Waals surface area contributed by atoms with Crippen LogP contribution in [0.5, 0.6) is 5.75 Å². The second-order valence-corrected chi connectivity index (χ2v) is 4.99. The van der Waals surface area contributed by atoms with E-state index in [0.29, 0.717) is 17.3 Å². The van der Waals surface area contributed by atoms with E-state index < -0.39 is 0 Å². The molecule has 6 heteroatoms. The third kappa shape index (κ3) is 2.50. The Hall–Kier alpha value is -2.89. The molecule has 2 aromatic carbocycles. The van der Waals surface area contributed by atoms with Crippen LogP contribution >= 0.6 is 0 Å². The molecule has 1 heterocycles. The summed E-state index contributed by atoms with van der Waals surface area (Å²) >= 11 is 0. The van der Waals surface area contributed by atoms with Crippen LogP contribution in [-0.4, -0.2) is 27.3 Å². The van der Waals surface area contributed by atoms with Gasteiger partial charge in [0.2, 0.25) is 0 Å². The van der Waals surface area contributed by atoms with Gasteiger partial charge in [0.1, 0.15) is 5.75 Å². The molecule has 1 aromatic heterocycles. The van der Waals surface area contributed by atoms with E-state index in [1.807, 2.05) is 36.4 Å². The third-order valence-electron chi connectivity index (χ3n) is 3.63. The fraction of sp³-hybridized carbons (Fsp3) is 0.188. The topological polar surface area (TPSA) is 78.9 Å². The summed E-state index contributed by atoms with van der Waals surface area (Å²) in [7, 11) is 1.59. The molecule has 1 atom stereocenters. The van der Waals surface area contributed by atoms with Gasteiger partial charge in [-0.15, -0.1) is 5.10 Å². The van der Waals surface area contributed by atoms with Crippen LogP contribution in [0, 0.1) is 0 Å².